The summed E-state index contributed by atoms with van der Waals surface area (Å²) in [7, 11) is 0. The quantitative estimate of drug-likeness (QED) is 0.806. The third kappa shape index (κ3) is 3.97. The molecule has 0 saturated carbocycles. The van der Waals surface area contributed by atoms with Gasteiger partial charge in [-0.2, -0.15) is 5.10 Å². The van der Waals surface area contributed by atoms with Gasteiger partial charge in [0.1, 0.15) is 11.5 Å². The Kier molecular flexibility index (Phi) is 5.62. The Balaban J connectivity index is 2.19. The molecule has 2 aromatic heterocycles. The number of aromatic nitrogens is 2. The SMILES string of the molecule is CCCNC(Cc1cc(CC)nn1CC)c1ccc(C)o1. The highest BCUT2D eigenvalue weighted by Gasteiger charge is 2.18. The number of furan rings is 1. The summed E-state index contributed by atoms with van der Waals surface area (Å²) in [5.74, 6) is 1.98. The molecular weight excluding hydrogens is 262 g/mol. The van der Waals surface area contributed by atoms with Crippen molar-refractivity contribution in [1.29, 1.82) is 0 Å². The maximum absolute atomic E-state index is 5.83. The van der Waals surface area contributed by atoms with E-state index in [1.807, 2.05) is 13.0 Å². The first-order chi connectivity index (χ1) is 10.2. The van der Waals surface area contributed by atoms with Gasteiger partial charge in [0.2, 0.25) is 0 Å². The van der Waals surface area contributed by atoms with E-state index in [1.54, 1.807) is 0 Å². The van der Waals surface area contributed by atoms with E-state index >= 15 is 0 Å². The standard InChI is InChI=1S/C17H27N3O/c1-5-10-18-16(17-9-8-13(4)21-17)12-15-11-14(6-2)19-20(15)7-3/h8-9,11,16,18H,5-7,10,12H2,1-4H3. The van der Waals surface area contributed by atoms with Crippen molar-refractivity contribution < 1.29 is 4.42 Å². The summed E-state index contributed by atoms with van der Waals surface area (Å²) >= 11 is 0. The fourth-order valence-electron chi connectivity index (χ4n) is 2.57. The molecule has 2 rings (SSSR count). The predicted molar refractivity (Wildman–Crippen MR) is 85.5 cm³/mol. The zero-order valence-electron chi connectivity index (χ0n) is 13.6. The predicted octanol–water partition coefficient (Wildman–Crippen LogP) is 3.65. The van der Waals surface area contributed by atoms with Crippen molar-refractivity contribution in [2.75, 3.05) is 6.54 Å². The van der Waals surface area contributed by atoms with E-state index in [-0.39, 0.29) is 6.04 Å². The second kappa shape index (κ2) is 7.46. The normalized spacial score (nSPS) is 12.8. The highest BCUT2D eigenvalue weighted by Crippen LogP contribution is 2.21. The molecule has 0 spiro atoms. The maximum Gasteiger partial charge on any atom is 0.121 e. The molecule has 4 nitrogen and oxygen atoms in total. The second-order valence-electron chi connectivity index (χ2n) is 5.46. The molecule has 0 radical (unpaired) electrons. The van der Waals surface area contributed by atoms with Crippen LogP contribution in [0.5, 0.6) is 0 Å². The van der Waals surface area contributed by atoms with Gasteiger partial charge in [0, 0.05) is 18.7 Å². The summed E-state index contributed by atoms with van der Waals surface area (Å²) in [6.45, 7) is 10.4. The molecule has 0 aliphatic carbocycles. The molecule has 21 heavy (non-hydrogen) atoms. The van der Waals surface area contributed by atoms with Gasteiger partial charge in [-0.1, -0.05) is 13.8 Å². The van der Waals surface area contributed by atoms with E-state index < -0.39 is 0 Å². The third-order valence-electron chi connectivity index (χ3n) is 3.73. The summed E-state index contributed by atoms with van der Waals surface area (Å²) in [5, 5.41) is 8.23. The fourth-order valence-corrected chi connectivity index (χ4v) is 2.57. The van der Waals surface area contributed by atoms with Crippen LogP contribution in [0, 0.1) is 6.92 Å². The van der Waals surface area contributed by atoms with E-state index in [2.05, 4.69) is 48.0 Å². The van der Waals surface area contributed by atoms with Crippen molar-refractivity contribution in [3.63, 3.8) is 0 Å². The fraction of sp³-hybridized carbons (Fsp3) is 0.588. The zero-order chi connectivity index (χ0) is 15.2. The molecule has 0 bridgehead atoms. The molecule has 0 amide bonds. The van der Waals surface area contributed by atoms with Crippen LogP contribution in [0.4, 0.5) is 0 Å². The summed E-state index contributed by atoms with van der Waals surface area (Å²) in [6.07, 6.45) is 3.00. The number of nitrogens with one attached hydrogen (secondary N) is 1. The molecule has 2 aromatic rings. The molecule has 2 heterocycles. The molecular formula is C17H27N3O. The van der Waals surface area contributed by atoms with E-state index in [9.17, 15) is 0 Å². The molecule has 0 fully saturated rings. The first kappa shape index (κ1) is 15.8. The molecule has 0 saturated heterocycles. The summed E-state index contributed by atoms with van der Waals surface area (Å²) in [4.78, 5) is 0. The zero-order valence-corrected chi connectivity index (χ0v) is 13.6. The third-order valence-corrected chi connectivity index (χ3v) is 3.73. The van der Waals surface area contributed by atoms with Gasteiger partial charge in [-0.15, -0.1) is 0 Å². The van der Waals surface area contributed by atoms with Gasteiger partial charge in [0.15, 0.2) is 0 Å². The number of nitrogens with zero attached hydrogens (tertiary/aromatic N) is 2. The lowest BCUT2D eigenvalue weighted by molar-refractivity contribution is 0.392. The number of hydrogen-bond acceptors (Lipinski definition) is 3. The van der Waals surface area contributed by atoms with Gasteiger partial charge in [0.25, 0.3) is 0 Å². The average Bonchev–Trinajstić information content (AvgIpc) is 3.09. The van der Waals surface area contributed by atoms with Crippen LogP contribution in [-0.4, -0.2) is 16.3 Å². The van der Waals surface area contributed by atoms with Gasteiger partial charge >= 0.3 is 0 Å². The molecule has 116 valence electrons. The monoisotopic (exact) mass is 289 g/mol. The number of hydrogen-bond donors (Lipinski definition) is 1. The Labute approximate surface area is 127 Å². The maximum atomic E-state index is 5.83. The van der Waals surface area contributed by atoms with Crippen molar-refractivity contribution in [2.24, 2.45) is 0 Å². The first-order valence-corrected chi connectivity index (χ1v) is 8.03. The highest BCUT2D eigenvalue weighted by atomic mass is 16.3. The first-order valence-electron chi connectivity index (χ1n) is 8.03. The molecule has 0 aliphatic rings. The average molecular weight is 289 g/mol. The van der Waals surface area contributed by atoms with Crippen LogP contribution in [-0.2, 0) is 19.4 Å². The van der Waals surface area contributed by atoms with E-state index in [0.717, 1.165) is 49.6 Å². The van der Waals surface area contributed by atoms with E-state index in [1.165, 1.54) is 5.69 Å². The summed E-state index contributed by atoms with van der Waals surface area (Å²) in [5.41, 5.74) is 2.44. The van der Waals surface area contributed by atoms with E-state index in [4.69, 9.17) is 4.42 Å². The van der Waals surface area contributed by atoms with Crippen molar-refractivity contribution >= 4 is 0 Å². The molecule has 1 atom stereocenters. The van der Waals surface area contributed by atoms with Crippen LogP contribution in [0.15, 0.2) is 22.6 Å². The molecule has 0 aromatic carbocycles. The Morgan fingerprint density at radius 2 is 2.10 bits per heavy atom. The van der Waals surface area contributed by atoms with E-state index in [0.29, 0.717) is 0 Å². The van der Waals surface area contributed by atoms with Gasteiger partial charge in [-0.25, -0.2) is 0 Å². The largest absolute Gasteiger partial charge is 0.465 e. The summed E-state index contributed by atoms with van der Waals surface area (Å²) in [6, 6.07) is 6.55. The topological polar surface area (TPSA) is 43.0 Å². The number of aryl methyl sites for hydroxylation is 3. The Hall–Kier alpha value is -1.55. The van der Waals surface area contributed by atoms with Gasteiger partial charge in [-0.05, 0) is 51.4 Å². The minimum absolute atomic E-state index is 0.213. The van der Waals surface area contributed by atoms with Gasteiger partial charge in [-0.3, -0.25) is 4.68 Å². The molecule has 1 N–H and O–H groups in total. The Morgan fingerprint density at radius 3 is 2.67 bits per heavy atom. The van der Waals surface area contributed by atoms with Crippen LogP contribution in [0.25, 0.3) is 0 Å². The van der Waals surface area contributed by atoms with Crippen LogP contribution >= 0.6 is 0 Å². The minimum atomic E-state index is 0.213. The smallest absolute Gasteiger partial charge is 0.121 e. The molecule has 4 heteroatoms. The van der Waals surface area contributed by atoms with Gasteiger partial charge < -0.3 is 9.73 Å². The van der Waals surface area contributed by atoms with Crippen LogP contribution in [0.1, 0.15) is 56.1 Å². The second-order valence-corrected chi connectivity index (χ2v) is 5.46. The van der Waals surface area contributed by atoms with Crippen molar-refractivity contribution in [3.05, 3.63) is 41.1 Å². The van der Waals surface area contributed by atoms with Crippen LogP contribution in [0.2, 0.25) is 0 Å². The summed E-state index contributed by atoms with van der Waals surface area (Å²) < 4.78 is 7.94. The van der Waals surface area contributed by atoms with Crippen molar-refractivity contribution in [3.8, 4) is 0 Å². The molecule has 0 aliphatic heterocycles. The van der Waals surface area contributed by atoms with Crippen molar-refractivity contribution in [1.82, 2.24) is 15.1 Å². The number of rotatable bonds is 8. The van der Waals surface area contributed by atoms with Crippen LogP contribution < -0.4 is 5.32 Å². The van der Waals surface area contributed by atoms with Gasteiger partial charge in [0.05, 0.1) is 11.7 Å². The highest BCUT2D eigenvalue weighted by molar-refractivity contribution is 5.16. The molecule has 1 unspecified atom stereocenters. The van der Waals surface area contributed by atoms with Crippen LogP contribution in [0.3, 0.4) is 0 Å². The lowest BCUT2D eigenvalue weighted by Gasteiger charge is -2.17. The Morgan fingerprint density at radius 1 is 1.29 bits per heavy atom. The Bertz CT molecular complexity index is 556. The minimum Gasteiger partial charge on any atom is -0.465 e. The lowest BCUT2D eigenvalue weighted by Crippen LogP contribution is -2.24. The van der Waals surface area contributed by atoms with Crippen molar-refractivity contribution in [2.45, 2.75) is 59.5 Å². The lowest BCUT2D eigenvalue weighted by atomic mass is 10.1.